The third-order valence-electron chi connectivity index (χ3n) is 3.10. The van der Waals surface area contributed by atoms with E-state index in [1.807, 2.05) is 0 Å². The van der Waals surface area contributed by atoms with Crippen LogP contribution in [0.3, 0.4) is 0 Å². The normalized spacial score (nSPS) is 21.4. The summed E-state index contributed by atoms with van der Waals surface area (Å²) in [6.07, 6.45) is 6.67. The number of carbonyl (C=O) groups is 1. The van der Waals surface area contributed by atoms with Crippen LogP contribution in [0.2, 0.25) is 0 Å². The topological polar surface area (TPSA) is 43.1 Å². The van der Waals surface area contributed by atoms with E-state index in [4.69, 9.17) is 5.73 Å². The fourth-order valence-corrected chi connectivity index (χ4v) is 2.34. The van der Waals surface area contributed by atoms with Crippen LogP contribution in [0.4, 0.5) is 0 Å². The monoisotopic (exact) mass is 201 g/mol. The van der Waals surface area contributed by atoms with E-state index in [1.165, 1.54) is 19.3 Å². The van der Waals surface area contributed by atoms with Crippen LogP contribution in [0, 0.1) is 5.41 Å². The van der Waals surface area contributed by atoms with Gasteiger partial charge in [-0.2, -0.15) is 12.6 Å². The van der Waals surface area contributed by atoms with Crippen LogP contribution in [0.1, 0.15) is 38.5 Å². The highest BCUT2D eigenvalue weighted by molar-refractivity contribution is 7.81. The van der Waals surface area contributed by atoms with Crippen molar-refractivity contribution < 1.29 is 4.79 Å². The first-order valence-corrected chi connectivity index (χ1v) is 5.68. The second kappa shape index (κ2) is 5.01. The largest absolute Gasteiger partial charge is 0.330 e. The lowest BCUT2D eigenvalue weighted by atomic mass is 9.71. The maximum absolute atomic E-state index is 11.3. The summed E-state index contributed by atoms with van der Waals surface area (Å²) in [4.78, 5) is 11.3. The van der Waals surface area contributed by atoms with E-state index in [2.05, 4.69) is 12.6 Å². The van der Waals surface area contributed by atoms with Crippen molar-refractivity contribution in [1.82, 2.24) is 0 Å². The summed E-state index contributed by atoms with van der Waals surface area (Å²) in [5.74, 6) is 0.609. The molecule has 0 amide bonds. The predicted molar refractivity (Wildman–Crippen MR) is 58.0 cm³/mol. The molecule has 0 aromatic rings. The Hall–Kier alpha value is -0.0200. The molecule has 3 heteroatoms. The second-order valence-corrected chi connectivity index (χ2v) is 4.45. The zero-order chi connectivity index (χ0) is 9.73. The zero-order valence-corrected chi connectivity index (χ0v) is 8.98. The van der Waals surface area contributed by atoms with Gasteiger partial charge in [0.05, 0.1) is 0 Å². The summed E-state index contributed by atoms with van der Waals surface area (Å²) in [5, 5.41) is 0. The fraction of sp³-hybridized carbons (Fsp3) is 0.900. The zero-order valence-electron chi connectivity index (χ0n) is 8.09. The van der Waals surface area contributed by atoms with E-state index in [1.54, 1.807) is 0 Å². The molecule has 0 heterocycles. The van der Waals surface area contributed by atoms with Crippen LogP contribution in [0.15, 0.2) is 0 Å². The van der Waals surface area contributed by atoms with Crippen molar-refractivity contribution >= 4 is 18.4 Å². The van der Waals surface area contributed by atoms with E-state index in [-0.39, 0.29) is 11.2 Å². The first kappa shape index (κ1) is 11.1. The van der Waals surface area contributed by atoms with Crippen molar-refractivity contribution in [2.75, 3.05) is 12.3 Å². The van der Waals surface area contributed by atoms with Crippen LogP contribution >= 0.6 is 12.6 Å². The van der Waals surface area contributed by atoms with E-state index >= 15 is 0 Å². The fourth-order valence-electron chi connectivity index (χ4n) is 2.23. The lowest BCUT2D eigenvalue weighted by Gasteiger charge is -2.35. The number of hydrogen-bond donors (Lipinski definition) is 2. The van der Waals surface area contributed by atoms with Crippen molar-refractivity contribution in [3.63, 3.8) is 0 Å². The van der Waals surface area contributed by atoms with Gasteiger partial charge in [0.1, 0.15) is 5.78 Å². The van der Waals surface area contributed by atoms with Crippen LogP contribution < -0.4 is 5.73 Å². The minimum absolute atomic E-state index is 0.123. The highest BCUT2D eigenvalue weighted by Gasteiger charge is 2.32. The molecular weight excluding hydrogens is 182 g/mol. The van der Waals surface area contributed by atoms with Gasteiger partial charge in [0, 0.05) is 12.2 Å². The van der Waals surface area contributed by atoms with Gasteiger partial charge in [-0.3, -0.25) is 4.79 Å². The Morgan fingerprint density at radius 3 is 2.38 bits per heavy atom. The van der Waals surface area contributed by atoms with Gasteiger partial charge in [-0.25, -0.2) is 0 Å². The van der Waals surface area contributed by atoms with Gasteiger partial charge in [-0.1, -0.05) is 19.3 Å². The molecule has 0 aliphatic heterocycles. The van der Waals surface area contributed by atoms with Crippen molar-refractivity contribution in [1.29, 1.82) is 0 Å². The van der Waals surface area contributed by atoms with Crippen molar-refractivity contribution in [2.24, 2.45) is 11.1 Å². The number of hydrogen-bond acceptors (Lipinski definition) is 3. The van der Waals surface area contributed by atoms with Crippen molar-refractivity contribution in [2.45, 2.75) is 38.5 Å². The van der Waals surface area contributed by atoms with Crippen molar-refractivity contribution in [3.8, 4) is 0 Å². The maximum atomic E-state index is 11.3. The smallest absolute Gasteiger partial charge is 0.143 e. The Morgan fingerprint density at radius 1 is 1.31 bits per heavy atom. The summed E-state index contributed by atoms with van der Waals surface area (Å²) in [6.45, 7) is 0.659. The number of ketones is 1. The summed E-state index contributed by atoms with van der Waals surface area (Å²) < 4.78 is 0. The number of Topliss-reactive ketones (excluding diaryl/α,β-unsaturated/α-hetero) is 1. The lowest BCUT2D eigenvalue weighted by Crippen LogP contribution is -2.35. The Morgan fingerprint density at radius 2 is 1.92 bits per heavy atom. The predicted octanol–water partition coefficient (Wildman–Crippen LogP) is 1.78. The Labute approximate surface area is 85.7 Å². The molecule has 0 saturated heterocycles. The maximum Gasteiger partial charge on any atom is 0.143 e. The molecule has 13 heavy (non-hydrogen) atoms. The molecule has 76 valence electrons. The Kier molecular flexibility index (Phi) is 4.26. The summed E-state index contributed by atoms with van der Waals surface area (Å²) in [6, 6.07) is 0. The molecule has 1 aliphatic rings. The molecule has 0 radical (unpaired) electrons. The van der Waals surface area contributed by atoms with E-state index in [0.717, 1.165) is 12.8 Å². The standard InChI is InChI=1S/C10H19NOS/c11-8-10(6-9(12)7-13)4-2-1-3-5-10/h13H,1-8,11H2. The van der Waals surface area contributed by atoms with Gasteiger partial charge in [0.2, 0.25) is 0 Å². The molecule has 2 N–H and O–H groups in total. The highest BCUT2D eigenvalue weighted by Crippen LogP contribution is 2.38. The molecule has 0 atom stereocenters. The molecule has 2 nitrogen and oxygen atoms in total. The van der Waals surface area contributed by atoms with Crippen LogP contribution in [-0.4, -0.2) is 18.1 Å². The molecule has 0 spiro atoms. The third kappa shape index (κ3) is 2.99. The van der Waals surface area contributed by atoms with Crippen LogP contribution in [-0.2, 0) is 4.79 Å². The number of rotatable bonds is 4. The van der Waals surface area contributed by atoms with E-state index in [0.29, 0.717) is 18.7 Å². The highest BCUT2D eigenvalue weighted by atomic mass is 32.1. The van der Waals surface area contributed by atoms with Gasteiger partial charge in [0.25, 0.3) is 0 Å². The van der Waals surface area contributed by atoms with Gasteiger partial charge in [0.15, 0.2) is 0 Å². The number of thiol groups is 1. The van der Waals surface area contributed by atoms with Gasteiger partial charge < -0.3 is 5.73 Å². The molecule has 1 aliphatic carbocycles. The summed E-state index contributed by atoms with van der Waals surface area (Å²) in [5.41, 5.74) is 5.89. The molecule has 1 saturated carbocycles. The summed E-state index contributed by atoms with van der Waals surface area (Å²) in [7, 11) is 0. The van der Waals surface area contributed by atoms with Crippen LogP contribution in [0.25, 0.3) is 0 Å². The quantitative estimate of drug-likeness (QED) is 0.681. The molecule has 0 aromatic heterocycles. The number of nitrogens with two attached hydrogens (primary N) is 1. The molecule has 1 rings (SSSR count). The molecule has 1 fully saturated rings. The summed E-state index contributed by atoms with van der Waals surface area (Å²) >= 11 is 4.00. The first-order valence-electron chi connectivity index (χ1n) is 5.05. The molecule has 0 unspecified atom stereocenters. The Balaban J connectivity index is 2.52. The average Bonchev–Trinajstić information content (AvgIpc) is 2.19. The van der Waals surface area contributed by atoms with Crippen LogP contribution in [0.5, 0.6) is 0 Å². The molecule has 0 bridgehead atoms. The van der Waals surface area contributed by atoms with E-state index < -0.39 is 0 Å². The molecule has 0 aromatic carbocycles. The lowest BCUT2D eigenvalue weighted by molar-refractivity contribution is -0.119. The van der Waals surface area contributed by atoms with E-state index in [9.17, 15) is 4.79 Å². The molecular formula is C10H19NOS. The Bertz CT molecular complexity index is 176. The third-order valence-corrected chi connectivity index (χ3v) is 3.45. The number of carbonyl (C=O) groups excluding carboxylic acids is 1. The average molecular weight is 201 g/mol. The second-order valence-electron chi connectivity index (χ2n) is 4.14. The van der Waals surface area contributed by atoms with Crippen molar-refractivity contribution in [3.05, 3.63) is 0 Å². The van der Waals surface area contributed by atoms with Gasteiger partial charge in [-0.05, 0) is 24.8 Å². The minimum Gasteiger partial charge on any atom is -0.330 e. The SMILES string of the molecule is NCC1(CC(=O)CS)CCCCC1. The first-order chi connectivity index (χ1) is 6.22. The van der Waals surface area contributed by atoms with Gasteiger partial charge >= 0.3 is 0 Å². The van der Waals surface area contributed by atoms with Gasteiger partial charge in [-0.15, -0.1) is 0 Å². The minimum atomic E-state index is 0.123.